The van der Waals surface area contributed by atoms with Crippen LogP contribution in [-0.4, -0.2) is 5.11 Å². The topological polar surface area (TPSA) is 20.2 Å². The smallest absolute Gasteiger partial charge is 0.100 e. The van der Waals surface area contributed by atoms with Crippen molar-refractivity contribution in [3.8, 4) is 0 Å². The number of aryl methyl sites for hydroxylation is 1. The van der Waals surface area contributed by atoms with E-state index in [2.05, 4.69) is 34.1 Å². The van der Waals surface area contributed by atoms with E-state index in [0.29, 0.717) is 0 Å². The summed E-state index contributed by atoms with van der Waals surface area (Å²) in [5, 5.41) is 10.2. The van der Waals surface area contributed by atoms with Crippen LogP contribution < -0.4 is 0 Å². The van der Waals surface area contributed by atoms with Crippen LogP contribution in [-0.2, 0) is 0 Å². The van der Waals surface area contributed by atoms with Crippen LogP contribution in [0.2, 0.25) is 0 Å². The Hall–Kier alpha value is -0.600. The maximum absolute atomic E-state index is 10.2. The van der Waals surface area contributed by atoms with Gasteiger partial charge in [-0.25, -0.2) is 0 Å². The molecule has 1 unspecified atom stereocenters. The van der Waals surface area contributed by atoms with Gasteiger partial charge in [-0.05, 0) is 55.0 Å². The second-order valence-corrected chi connectivity index (χ2v) is 5.05. The van der Waals surface area contributed by atoms with E-state index in [1.54, 1.807) is 0 Å². The van der Waals surface area contributed by atoms with E-state index in [1.807, 2.05) is 13.0 Å². The summed E-state index contributed by atoms with van der Waals surface area (Å²) in [5.74, 6) is 0. The molecule has 80 valence electrons. The van der Waals surface area contributed by atoms with Crippen molar-refractivity contribution in [2.75, 3.05) is 0 Å². The van der Waals surface area contributed by atoms with E-state index >= 15 is 0 Å². The molecule has 1 aliphatic rings. The Bertz CT molecular complexity index is 375. The van der Waals surface area contributed by atoms with Gasteiger partial charge < -0.3 is 5.11 Å². The number of allylic oxidation sites excluding steroid dienone is 1. The van der Waals surface area contributed by atoms with Gasteiger partial charge in [0.25, 0.3) is 0 Å². The van der Waals surface area contributed by atoms with E-state index in [0.717, 1.165) is 22.9 Å². The fraction of sp³-hybridized carbons (Fsp3) is 0.385. The fourth-order valence-corrected chi connectivity index (χ4v) is 2.71. The minimum absolute atomic E-state index is 0.413. The first-order valence-electron chi connectivity index (χ1n) is 5.31. The zero-order chi connectivity index (χ0) is 10.8. The first-order valence-corrected chi connectivity index (χ1v) is 6.10. The molecular weight excluding hydrogens is 252 g/mol. The summed E-state index contributed by atoms with van der Waals surface area (Å²) in [7, 11) is 0. The predicted octanol–water partition coefficient (Wildman–Crippen LogP) is 3.90. The molecule has 0 saturated heterocycles. The van der Waals surface area contributed by atoms with Crippen LogP contribution in [0.25, 0.3) is 0 Å². The number of aliphatic hydroxyl groups is 1. The van der Waals surface area contributed by atoms with Crippen molar-refractivity contribution < 1.29 is 5.11 Å². The zero-order valence-corrected chi connectivity index (χ0v) is 10.4. The van der Waals surface area contributed by atoms with Gasteiger partial charge in [0.15, 0.2) is 0 Å². The quantitative estimate of drug-likeness (QED) is 0.806. The molecule has 1 atom stereocenters. The second-order valence-electron chi connectivity index (χ2n) is 4.14. The Labute approximate surface area is 99.0 Å². The Morgan fingerprint density at radius 2 is 2.13 bits per heavy atom. The summed E-state index contributed by atoms with van der Waals surface area (Å²) in [6, 6.07) is 6.10. The van der Waals surface area contributed by atoms with Gasteiger partial charge >= 0.3 is 0 Å². The molecule has 0 aliphatic heterocycles. The monoisotopic (exact) mass is 266 g/mol. The highest BCUT2D eigenvalue weighted by molar-refractivity contribution is 9.10. The lowest BCUT2D eigenvalue weighted by atomic mass is 10.00. The van der Waals surface area contributed by atoms with Crippen LogP contribution in [0.1, 0.15) is 36.5 Å². The molecule has 15 heavy (non-hydrogen) atoms. The van der Waals surface area contributed by atoms with Gasteiger partial charge in [-0.1, -0.05) is 28.1 Å². The van der Waals surface area contributed by atoms with E-state index in [9.17, 15) is 5.11 Å². The van der Waals surface area contributed by atoms with Crippen LogP contribution >= 0.6 is 15.9 Å². The van der Waals surface area contributed by atoms with Crippen molar-refractivity contribution in [1.82, 2.24) is 0 Å². The zero-order valence-electron chi connectivity index (χ0n) is 8.83. The van der Waals surface area contributed by atoms with Crippen molar-refractivity contribution in [3.63, 3.8) is 0 Å². The van der Waals surface area contributed by atoms with Crippen LogP contribution in [0.4, 0.5) is 0 Å². The van der Waals surface area contributed by atoms with Crippen LogP contribution in [0.3, 0.4) is 0 Å². The molecule has 0 heterocycles. The molecule has 1 nitrogen and oxygen atoms in total. The summed E-state index contributed by atoms with van der Waals surface area (Å²) >= 11 is 3.46. The number of hydrogen-bond donors (Lipinski definition) is 1. The van der Waals surface area contributed by atoms with Crippen molar-refractivity contribution in [3.05, 3.63) is 45.4 Å². The van der Waals surface area contributed by atoms with Crippen molar-refractivity contribution >= 4 is 15.9 Å². The molecule has 0 bridgehead atoms. The van der Waals surface area contributed by atoms with Crippen molar-refractivity contribution in [2.45, 2.75) is 32.3 Å². The fourth-order valence-electron chi connectivity index (χ4n) is 2.08. The molecule has 0 saturated carbocycles. The van der Waals surface area contributed by atoms with Crippen LogP contribution in [0, 0.1) is 6.92 Å². The molecule has 1 aliphatic carbocycles. The molecule has 1 N–H and O–H groups in total. The molecule has 0 aromatic heterocycles. The SMILES string of the molecule is Cc1cc(Br)cc(C(O)C2=CCCC2)c1. The highest BCUT2D eigenvalue weighted by Crippen LogP contribution is 2.32. The summed E-state index contributed by atoms with van der Waals surface area (Å²) in [6.45, 7) is 2.05. The third kappa shape index (κ3) is 2.50. The summed E-state index contributed by atoms with van der Waals surface area (Å²) in [6.07, 6.45) is 5.08. The van der Waals surface area contributed by atoms with Gasteiger partial charge in [-0.3, -0.25) is 0 Å². The van der Waals surface area contributed by atoms with Crippen molar-refractivity contribution in [1.29, 1.82) is 0 Å². The van der Waals surface area contributed by atoms with Gasteiger partial charge in [0.1, 0.15) is 6.10 Å². The minimum Gasteiger partial charge on any atom is -0.384 e. The van der Waals surface area contributed by atoms with E-state index in [-0.39, 0.29) is 0 Å². The largest absolute Gasteiger partial charge is 0.384 e. The Morgan fingerprint density at radius 1 is 1.33 bits per heavy atom. The summed E-state index contributed by atoms with van der Waals surface area (Å²) in [5.41, 5.74) is 3.35. The highest BCUT2D eigenvalue weighted by atomic mass is 79.9. The van der Waals surface area contributed by atoms with Crippen LogP contribution in [0.5, 0.6) is 0 Å². The van der Waals surface area contributed by atoms with Gasteiger partial charge in [-0.15, -0.1) is 0 Å². The normalized spacial score (nSPS) is 17.7. The average molecular weight is 267 g/mol. The molecule has 1 aromatic rings. The number of aliphatic hydroxyl groups excluding tert-OH is 1. The van der Waals surface area contributed by atoms with E-state index < -0.39 is 6.10 Å². The third-order valence-electron chi connectivity index (χ3n) is 2.81. The first kappa shape index (κ1) is 10.9. The molecule has 0 spiro atoms. The number of halogens is 1. The van der Waals surface area contributed by atoms with Gasteiger partial charge in [0.05, 0.1) is 0 Å². The Morgan fingerprint density at radius 3 is 2.73 bits per heavy atom. The number of hydrogen-bond acceptors (Lipinski definition) is 1. The summed E-state index contributed by atoms with van der Waals surface area (Å²) in [4.78, 5) is 0. The standard InChI is InChI=1S/C13H15BrO/c1-9-6-11(8-12(14)7-9)13(15)10-4-2-3-5-10/h4,6-8,13,15H,2-3,5H2,1H3. The minimum atomic E-state index is -0.413. The predicted molar refractivity (Wildman–Crippen MR) is 65.8 cm³/mol. The van der Waals surface area contributed by atoms with Gasteiger partial charge in [-0.2, -0.15) is 0 Å². The molecular formula is C13H15BrO. The molecule has 2 rings (SSSR count). The highest BCUT2D eigenvalue weighted by Gasteiger charge is 2.16. The maximum atomic E-state index is 10.2. The van der Waals surface area contributed by atoms with Crippen molar-refractivity contribution in [2.24, 2.45) is 0 Å². The molecule has 2 heteroatoms. The lowest BCUT2D eigenvalue weighted by Gasteiger charge is -2.13. The summed E-state index contributed by atoms with van der Waals surface area (Å²) < 4.78 is 1.04. The van der Waals surface area contributed by atoms with Crippen LogP contribution in [0.15, 0.2) is 34.3 Å². The lowest BCUT2D eigenvalue weighted by molar-refractivity contribution is 0.212. The molecule has 1 aromatic carbocycles. The first-order chi connectivity index (χ1) is 7.16. The number of rotatable bonds is 2. The lowest BCUT2D eigenvalue weighted by Crippen LogP contribution is -2.00. The molecule has 0 amide bonds. The van der Waals surface area contributed by atoms with Gasteiger partial charge in [0.2, 0.25) is 0 Å². The molecule has 0 radical (unpaired) electrons. The third-order valence-corrected chi connectivity index (χ3v) is 3.27. The Kier molecular flexibility index (Phi) is 3.27. The van der Waals surface area contributed by atoms with E-state index in [1.165, 1.54) is 17.6 Å². The van der Waals surface area contributed by atoms with E-state index in [4.69, 9.17) is 0 Å². The van der Waals surface area contributed by atoms with Gasteiger partial charge in [0, 0.05) is 4.47 Å². The number of benzene rings is 1. The Balaban J connectivity index is 2.28. The average Bonchev–Trinajstić information content (AvgIpc) is 2.67. The molecule has 0 fully saturated rings. The maximum Gasteiger partial charge on any atom is 0.100 e. The second kappa shape index (κ2) is 4.50.